The van der Waals surface area contributed by atoms with Gasteiger partial charge in [0.05, 0.1) is 5.75 Å². The van der Waals surface area contributed by atoms with Crippen LogP contribution in [0.4, 0.5) is 0 Å². The van der Waals surface area contributed by atoms with Crippen LogP contribution < -0.4 is 5.73 Å². The molecule has 0 aromatic rings. The Bertz CT molecular complexity index is 352. The van der Waals surface area contributed by atoms with Crippen LogP contribution in [-0.4, -0.2) is 51.0 Å². The van der Waals surface area contributed by atoms with Gasteiger partial charge >= 0.3 is 0 Å². The standard InChI is InChI=1S/C12H26N2O2S/c1-12(2)7-5-6-10(11(12)13)14(3)8-9-17(4,15)16/h10-11H,5-9,13H2,1-4H3. The predicted molar refractivity (Wildman–Crippen MR) is 71.7 cm³/mol. The molecule has 0 amide bonds. The summed E-state index contributed by atoms with van der Waals surface area (Å²) in [6.07, 6.45) is 4.69. The van der Waals surface area contributed by atoms with E-state index in [4.69, 9.17) is 5.73 Å². The minimum atomic E-state index is -2.89. The molecule has 0 aliphatic heterocycles. The minimum Gasteiger partial charge on any atom is -0.326 e. The topological polar surface area (TPSA) is 63.4 Å². The lowest BCUT2D eigenvalue weighted by atomic mass is 9.71. The van der Waals surface area contributed by atoms with Crippen molar-refractivity contribution in [3.05, 3.63) is 0 Å². The molecule has 1 rings (SSSR count). The highest BCUT2D eigenvalue weighted by molar-refractivity contribution is 7.90. The highest BCUT2D eigenvalue weighted by Gasteiger charge is 2.38. The molecule has 102 valence electrons. The summed E-state index contributed by atoms with van der Waals surface area (Å²) in [5.41, 5.74) is 6.46. The highest BCUT2D eigenvalue weighted by atomic mass is 32.2. The zero-order chi connectivity index (χ0) is 13.3. The van der Waals surface area contributed by atoms with Crippen LogP contribution in [0.1, 0.15) is 33.1 Å². The largest absolute Gasteiger partial charge is 0.326 e. The molecule has 1 saturated carbocycles. The van der Waals surface area contributed by atoms with E-state index in [9.17, 15) is 8.42 Å². The third-order valence-electron chi connectivity index (χ3n) is 4.02. The Morgan fingerprint density at radius 2 is 2.00 bits per heavy atom. The van der Waals surface area contributed by atoms with Crippen LogP contribution in [0.15, 0.2) is 0 Å². The van der Waals surface area contributed by atoms with Gasteiger partial charge in [0.25, 0.3) is 0 Å². The van der Waals surface area contributed by atoms with Crippen molar-refractivity contribution in [1.29, 1.82) is 0 Å². The number of hydrogen-bond acceptors (Lipinski definition) is 4. The first kappa shape index (κ1) is 14.9. The normalized spacial score (nSPS) is 29.5. The van der Waals surface area contributed by atoms with E-state index in [1.807, 2.05) is 7.05 Å². The van der Waals surface area contributed by atoms with Crippen molar-refractivity contribution >= 4 is 9.84 Å². The van der Waals surface area contributed by atoms with Crippen molar-refractivity contribution in [2.24, 2.45) is 11.1 Å². The van der Waals surface area contributed by atoms with Crippen LogP contribution in [0, 0.1) is 5.41 Å². The Hall–Kier alpha value is -0.130. The minimum absolute atomic E-state index is 0.126. The van der Waals surface area contributed by atoms with Crippen molar-refractivity contribution in [3.8, 4) is 0 Å². The highest BCUT2D eigenvalue weighted by Crippen LogP contribution is 2.36. The van der Waals surface area contributed by atoms with Crippen LogP contribution in [0.25, 0.3) is 0 Å². The number of sulfone groups is 1. The molecule has 0 aromatic carbocycles. The fourth-order valence-corrected chi connectivity index (χ4v) is 3.22. The SMILES string of the molecule is CN(CCS(C)(=O)=O)C1CCCC(C)(C)C1N. The molecule has 0 spiro atoms. The van der Waals surface area contributed by atoms with E-state index in [1.165, 1.54) is 12.7 Å². The Labute approximate surface area is 105 Å². The molecule has 0 aromatic heterocycles. The van der Waals surface area contributed by atoms with Crippen molar-refractivity contribution in [3.63, 3.8) is 0 Å². The maximum absolute atomic E-state index is 11.2. The molecule has 1 fully saturated rings. The molecule has 2 atom stereocenters. The van der Waals surface area contributed by atoms with Gasteiger partial charge in [-0.2, -0.15) is 0 Å². The molecule has 1 aliphatic rings. The van der Waals surface area contributed by atoms with Crippen molar-refractivity contribution in [1.82, 2.24) is 4.90 Å². The van der Waals surface area contributed by atoms with E-state index in [1.54, 1.807) is 0 Å². The molecule has 17 heavy (non-hydrogen) atoms. The Balaban J connectivity index is 2.59. The second-order valence-corrected chi connectivity index (χ2v) is 8.34. The van der Waals surface area contributed by atoms with Gasteiger partial charge in [0, 0.05) is 24.9 Å². The quantitative estimate of drug-likeness (QED) is 0.816. The third-order valence-corrected chi connectivity index (χ3v) is 4.94. The molecule has 2 unspecified atom stereocenters. The maximum Gasteiger partial charge on any atom is 0.148 e. The Morgan fingerprint density at radius 3 is 2.53 bits per heavy atom. The predicted octanol–water partition coefficient (Wildman–Crippen LogP) is 0.869. The van der Waals surface area contributed by atoms with Gasteiger partial charge in [0.15, 0.2) is 0 Å². The van der Waals surface area contributed by atoms with Gasteiger partial charge in [-0.15, -0.1) is 0 Å². The number of nitrogens with two attached hydrogens (primary N) is 1. The zero-order valence-corrected chi connectivity index (χ0v) is 12.3. The lowest BCUT2D eigenvalue weighted by Gasteiger charge is -2.45. The summed E-state index contributed by atoms with van der Waals surface area (Å²) < 4.78 is 22.3. The summed E-state index contributed by atoms with van der Waals surface area (Å²) in [4.78, 5) is 2.12. The average molecular weight is 262 g/mol. The van der Waals surface area contributed by atoms with Crippen LogP contribution >= 0.6 is 0 Å². The summed E-state index contributed by atoms with van der Waals surface area (Å²) in [6, 6.07) is 0.432. The van der Waals surface area contributed by atoms with Crippen LogP contribution in [-0.2, 0) is 9.84 Å². The van der Waals surface area contributed by atoms with Gasteiger partial charge in [0.1, 0.15) is 9.84 Å². The summed E-state index contributed by atoms with van der Waals surface area (Å²) in [5, 5.41) is 0. The Kier molecular flexibility index (Phi) is 4.60. The number of likely N-dealkylation sites (N-methyl/N-ethyl adjacent to an activating group) is 1. The zero-order valence-electron chi connectivity index (χ0n) is 11.4. The Morgan fingerprint density at radius 1 is 1.41 bits per heavy atom. The van der Waals surface area contributed by atoms with E-state index in [0.29, 0.717) is 12.6 Å². The van der Waals surface area contributed by atoms with E-state index < -0.39 is 9.84 Å². The number of nitrogens with zero attached hydrogens (tertiary/aromatic N) is 1. The number of hydrogen-bond donors (Lipinski definition) is 1. The summed E-state index contributed by atoms with van der Waals surface area (Å²) in [6.45, 7) is 4.98. The monoisotopic (exact) mass is 262 g/mol. The first-order valence-corrected chi connectivity index (χ1v) is 8.33. The van der Waals surface area contributed by atoms with E-state index in [2.05, 4.69) is 18.7 Å². The molecule has 1 aliphatic carbocycles. The summed E-state index contributed by atoms with van der Waals surface area (Å²) in [7, 11) is -0.903. The molecule has 0 bridgehead atoms. The smallest absolute Gasteiger partial charge is 0.148 e. The second-order valence-electron chi connectivity index (χ2n) is 6.08. The van der Waals surface area contributed by atoms with Crippen LogP contribution in [0.2, 0.25) is 0 Å². The molecule has 0 saturated heterocycles. The van der Waals surface area contributed by atoms with Crippen LogP contribution in [0.5, 0.6) is 0 Å². The second kappa shape index (κ2) is 5.24. The fraction of sp³-hybridized carbons (Fsp3) is 1.00. The van der Waals surface area contributed by atoms with E-state index in [-0.39, 0.29) is 17.2 Å². The van der Waals surface area contributed by atoms with E-state index in [0.717, 1.165) is 12.8 Å². The van der Waals surface area contributed by atoms with Crippen LogP contribution in [0.3, 0.4) is 0 Å². The fourth-order valence-electron chi connectivity index (χ4n) is 2.60. The lowest BCUT2D eigenvalue weighted by molar-refractivity contribution is 0.0885. The summed E-state index contributed by atoms with van der Waals surface area (Å²) in [5.74, 6) is 0.215. The van der Waals surface area contributed by atoms with Crippen molar-refractivity contribution < 1.29 is 8.42 Å². The van der Waals surface area contributed by atoms with Crippen molar-refractivity contribution in [2.75, 3.05) is 25.6 Å². The first-order valence-electron chi connectivity index (χ1n) is 6.27. The molecule has 0 radical (unpaired) electrons. The molecule has 4 nitrogen and oxygen atoms in total. The van der Waals surface area contributed by atoms with Gasteiger partial charge < -0.3 is 10.6 Å². The van der Waals surface area contributed by atoms with Crippen molar-refractivity contribution in [2.45, 2.75) is 45.2 Å². The van der Waals surface area contributed by atoms with Gasteiger partial charge in [0.2, 0.25) is 0 Å². The average Bonchev–Trinajstić information content (AvgIpc) is 2.17. The van der Waals surface area contributed by atoms with Gasteiger partial charge in [-0.05, 0) is 25.3 Å². The third kappa shape index (κ3) is 4.23. The molecule has 2 N–H and O–H groups in total. The molecular formula is C12H26N2O2S. The van der Waals surface area contributed by atoms with Gasteiger partial charge in [-0.25, -0.2) is 8.42 Å². The van der Waals surface area contributed by atoms with Gasteiger partial charge in [-0.3, -0.25) is 0 Å². The summed E-state index contributed by atoms with van der Waals surface area (Å²) >= 11 is 0. The molecule has 0 heterocycles. The van der Waals surface area contributed by atoms with E-state index >= 15 is 0 Å². The molecular weight excluding hydrogens is 236 g/mol. The first-order chi connectivity index (χ1) is 7.63. The maximum atomic E-state index is 11.2. The number of rotatable bonds is 4. The molecule has 5 heteroatoms. The van der Waals surface area contributed by atoms with Gasteiger partial charge in [-0.1, -0.05) is 20.3 Å². The lowest BCUT2D eigenvalue weighted by Crippen LogP contribution is -2.56.